The van der Waals surface area contributed by atoms with Gasteiger partial charge in [-0.05, 0) is 45.0 Å². The molecule has 1 aromatic carbocycles. The van der Waals surface area contributed by atoms with Crippen molar-refractivity contribution in [2.45, 2.75) is 38.5 Å². The molecule has 8 nitrogen and oxygen atoms in total. The number of carbonyl (C=O) groups is 1. The van der Waals surface area contributed by atoms with E-state index in [1.54, 1.807) is 24.1 Å². The Balaban J connectivity index is 1.68. The Morgan fingerprint density at radius 3 is 2.61 bits per heavy atom. The molecule has 1 N–H and O–H groups in total. The molecule has 0 aliphatic carbocycles. The number of ether oxygens (including phenoxy) is 1. The third kappa shape index (κ3) is 4.36. The minimum absolute atomic E-state index is 0.107. The molecule has 0 bridgehead atoms. The summed E-state index contributed by atoms with van der Waals surface area (Å²) in [5.74, 6) is 2.38. The number of hydrogen-bond acceptors (Lipinski definition) is 6. The lowest BCUT2D eigenvalue weighted by molar-refractivity contribution is -0.113. The van der Waals surface area contributed by atoms with Crippen molar-refractivity contribution in [1.82, 2.24) is 24.5 Å². The molecule has 2 aromatic heterocycles. The molecule has 3 rings (SSSR count). The van der Waals surface area contributed by atoms with Gasteiger partial charge in [-0.15, -0.1) is 10.2 Å². The number of nitrogens with zero attached hydrogens (tertiary/aromatic N) is 5. The summed E-state index contributed by atoms with van der Waals surface area (Å²) in [5, 5.41) is 16.4. The van der Waals surface area contributed by atoms with Crippen LogP contribution in [-0.4, -0.2) is 43.3 Å². The SMILES string of the molecule is CCn1c(SCC(=O)Nc2ccnn2C(C)C)nnc1-c1ccc(OC)cc1. The molecule has 0 aliphatic rings. The predicted octanol–water partition coefficient (Wildman–Crippen LogP) is 3.48. The molecule has 28 heavy (non-hydrogen) atoms. The van der Waals surface area contributed by atoms with Gasteiger partial charge in [0.05, 0.1) is 19.1 Å². The first kappa shape index (κ1) is 19.9. The molecule has 0 spiro atoms. The van der Waals surface area contributed by atoms with Gasteiger partial charge in [-0.1, -0.05) is 11.8 Å². The third-order valence-electron chi connectivity index (χ3n) is 4.14. The lowest BCUT2D eigenvalue weighted by Crippen LogP contribution is -2.18. The standard InChI is InChI=1S/C19H24N6O2S/c1-5-24-18(14-6-8-15(27-4)9-7-14)22-23-19(24)28-12-17(26)21-16-10-11-20-25(16)13(2)3/h6-11,13H,5,12H2,1-4H3,(H,21,26). The van der Waals surface area contributed by atoms with E-state index in [1.807, 2.05) is 49.6 Å². The van der Waals surface area contributed by atoms with Crippen LogP contribution in [0, 0.1) is 0 Å². The predicted molar refractivity (Wildman–Crippen MR) is 110 cm³/mol. The number of amides is 1. The fraction of sp³-hybridized carbons (Fsp3) is 0.368. The zero-order chi connectivity index (χ0) is 20.1. The molecule has 148 valence electrons. The zero-order valence-corrected chi connectivity index (χ0v) is 17.2. The first-order chi connectivity index (χ1) is 13.5. The highest BCUT2D eigenvalue weighted by Gasteiger charge is 2.16. The van der Waals surface area contributed by atoms with E-state index in [9.17, 15) is 4.79 Å². The summed E-state index contributed by atoms with van der Waals surface area (Å²) in [5.41, 5.74) is 0.951. The molecule has 9 heteroatoms. The van der Waals surface area contributed by atoms with Crippen LogP contribution in [0.15, 0.2) is 41.7 Å². The molecule has 3 aromatic rings. The minimum Gasteiger partial charge on any atom is -0.497 e. The number of hydrogen-bond donors (Lipinski definition) is 1. The van der Waals surface area contributed by atoms with Gasteiger partial charge < -0.3 is 14.6 Å². The number of thioether (sulfide) groups is 1. The average molecular weight is 401 g/mol. The van der Waals surface area contributed by atoms with Gasteiger partial charge in [0, 0.05) is 24.2 Å². The van der Waals surface area contributed by atoms with Crippen LogP contribution in [0.1, 0.15) is 26.8 Å². The van der Waals surface area contributed by atoms with E-state index < -0.39 is 0 Å². The topological polar surface area (TPSA) is 86.9 Å². The monoisotopic (exact) mass is 400 g/mol. The Kier molecular flexibility index (Phi) is 6.35. The Morgan fingerprint density at radius 2 is 1.96 bits per heavy atom. The molecule has 1 amide bonds. The van der Waals surface area contributed by atoms with Crippen LogP contribution in [0.2, 0.25) is 0 Å². The van der Waals surface area contributed by atoms with Gasteiger partial charge in [0.2, 0.25) is 5.91 Å². The lowest BCUT2D eigenvalue weighted by Gasteiger charge is -2.11. The van der Waals surface area contributed by atoms with Crippen molar-refractivity contribution in [3.63, 3.8) is 0 Å². The molecule has 0 saturated carbocycles. The highest BCUT2D eigenvalue weighted by Crippen LogP contribution is 2.25. The lowest BCUT2D eigenvalue weighted by atomic mass is 10.2. The number of benzene rings is 1. The molecule has 2 heterocycles. The molecular weight excluding hydrogens is 376 g/mol. The number of rotatable bonds is 8. The molecule has 0 unspecified atom stereocenters. The van der Waals surface area contributed by atoms with Crippen molar-refractivity contribution in [3.8, 4) is 17.1 Å². The van der Waals surface area contributed by atoms with Gasteiger partial charge in [-0.3, -0.25) is 4.79 Å². The van der Waals surface area contributed by atoms with Gasteiger partial charge in [-0.25, -0.2) is 4.68 Å². The fourth-order valence-corrected chi connectivity index (χ4v) is 3.57. The van der Waals surface area contributed by atoms with Crippen LogP contribution in [0.25, 0.3) is 11.4 Å². The molecular formula is C19H24N6O2S. The van der Waals surface area contributed by atoms with Gasteiger partial charge in [0.25, 0.3) is 0 Å². The summed E-state index contributed by atoms with van der Waals surface area (Å²) in [4.78, 5) is 12.4. The number of anilines is 1. The highest BCUT2D eigenvalue weighted by molar-refractivity contribution is 7.99. The first-order valence-corrected chi connectivity index (χ1v) is 10.1. The smallest absolute Gasteiger partial charge is 0.235 e. The number of nitrogens with one attached hydrogen (secondary N) is 1. The summed E-state index contributed by atoms with van der Waals surface area (Å²) in [7, 11) is 1.64. The zero-order valence-electron chi connectivity index (χ0n) is 16.4. The largest absolute Gasteiger partial charge is 0.497 e. The van der Waals surface area contributed by atoms with Crippen LogP contribution in [0.4, 0.5) is 5.82 Å². The number of carbonyl (C=O) groups excluding carboxylic acids is 1. The molecule has 0 atom stereocenters. The Hall–Kier alpha value is -2.81. The second-order valence-corrected chi connectivity index (χ2v) is 7.31. The second-order valence-electron chi connectivity index (χ2n) is 6.37. The van der Waals surface area contributed by atoms with Gasteiger partial charge in [0.15, 0.2) is 11.0 Å². The molecule has 0 saturated heterocycles. The summed E-state index contributed by atoms with van der Waals surface area (Å²) in [6.45, 7) is 6.77. The van der Waals surface area contributed by atoms with Crippen molar-refractivity contribution in [2.75, 3.05) is 18.2 Å². The van der Waals surface area contributed by atoms with Crippen LogP contribution < -0.4 is 10.1 Å². The number of aromatic nitrogens is 5. The second kappa shape index (κ2) is 8.92. The van der Waals surface area contributed by atoms with Crippen LogP contribution in [-0.2, 0) is 11.3 Å². The quantitative estimate of drug-likeness (QED) is 0.583. The van der Waals surface area contributed by atoms with E-state index >= 15 is 0 Å². The Bertz CT molecular complexity index is 932. The third-order valence-corrected chi connectivity index (χ3v) is 5.11. The highest BCUT2D eigenvalue weighted by atomic mass is 32.2. The van der Waals surface area contributed by atoms with E-state index in [2.05, 4.69) is 20.6 Å². The van der Waals surface area contributed by atoms with E-state index in [0.29, 0.717) is 17.5 Å². The maximum Gasteiger partial charge on any atom is 0.235 e. The van der Waals surface area contributed by atoms with Crippen molar-refractivity contribution < 1.29 is 9.53 Å². The molecule has 0 radical (unpaired) electrons. The van der Waals surface area contributed by atoms with E-state index in [4.69, 9.17) is 4.74 Å². The summed E-state index contributed by atoms with van der Waals surface area (Å²) in [6, 6.07) is 9.64. The maximum atomic E-state index is 12.4. The van der Waals surface area contributed by atoms with Crippen LogP contribution in [0.3, 0.4) is 0 Å². The Labute approximate surface area is 168 Å². The van der Waals surface area contributed by atoms with Crippen molar-refractivity contribution in [3.05, 3.63) is 36.5 Å². The molecule has 0 aliphatic heterocycles. The average Bonchev–Trinajstić information content (AvgIpc) is 3.33. The van der Waals surface area contributed by atoms with E-state index in [1.165, 1.54) is 11.8 Å². The minimum atomic E-state index is -0.107. The Morgan fingerprint density at radius 1 is 1.21 bits per heavy atom. The van der Waals surface area contributed by atoms with Gasteiger partial charge >= 0.3 is 0 Å². The number of methoxy groups -OCH3 is 1. The maximum absolute atomic E-state index is 12.4. The molecule has 0 fully saturated rings. The van der Waals surface area contributed by atoms with Crippen LogP contribution >= 0.6 is 11.8 Å². The first-order valence-electron chi connectivity index (χ1n) is 9.07. The normalized spacial score (nSPS) is 11.0. The van der Waals surface area contributed by atoms with Gasteiger partial charge in [0.1, 0.15) is 11.6 Å². The van der Waals surface area contributed by atoms with Crippen molar-refractivity contribution in [2.24, 2.45) is 0 Å². The van der Waals surface area contributed by atoms with E-state index in [-0.39, 0.29) is 17.7 Å². The van der Waals surface area contributed by atoms with Crippen molar-refractivity contribution in [1.29, 1.82) is 0 Å². The van der Waals surface area contributed by atoms with Crippen molar-refractivity contribution >= 4 is 23.5 Å². The summed E-state index contributed by atoms with van der Waals surface area (Å²) in [6.07, 6.45) is 1.68. The van der Waals surface area contributed by atoms with Crippen LogP contribution in [0.5, 0.6) is 5.75 Å². The summed E-state index contributed by atoms with van der Waals surface area (Å²) >= 11 is 1.36. The van der Waals surface area contributed by atoms with E-state index in [0.717, 1.165) is 17.1 Å². The van der Waals surface area contributed by atoms with Gasteiger partial charge in [-0.2, -0.15) is 5.10 Å². The fourth-order valence-electron chi connectivity index (χ4n) is 2.77. The summed E-state index contributed by atoms with van der Waals surface area (Å²) < 4.78 is 8.98.